The number of piperidine rings is 1. The van der Waals surface area contributed by atoms with Crippen LogP contribution in [-0.4, -0.2) is 39.7 Å². The summed E-state index contributed by atoms with van der Waals surface area (Å²) >= 11 is 0. The average molecular weight is 429 g/mol. The highest BCUT2D eigenvalue weighted by Gasteiger charge is 2.31. The molecule has 0 saturated carbocycles. The molecule has 1 aliphatic carbocycles. The van der Waals surface area contributed by atoms with Crippen LogP contribution in [0.25, 0.3) is 0 Å². The van der Waals surface area contributed by atoms with E-state index in [9.17, 15) is 4.79 Å². The molecular weight excluding hydrogens is 396 g/mol. The van der Waals surface area contributed by atoms with Crippen molar-refractivity contribution in [2.45, 2.75) is 57.0 Å². The molecule has 0 atom stereocenters. The largest absolute Gasteiger partial charge is 0.311 e. The van der Waals surface area contributed by atoms with Crippen LogP contribution in [0.1, 0.15) is 48.4 Å². The van der Waals surface area contributed by atoms with Crippen LogP contribution in [0.2, 0.25) is 0 Å². The number of anilines is 1. The summed E-state index contributed by atoms with van der Waals surface area (Å²) in [6.07, 6.45) is 8.61. The second-order valence-electron chi connectivity index (χ2n) is 9.15. The summed E-state index contributed by atoms with van der Waals surface area (Å²) in [5.41, 5.74) is 4.32. The monoisotopic (exact) mass is 428 g/mol. The van der Waals surface area contributed by atoms with Crippen LogP contribution in [0, 0.1) is 0 Å². The van der Waals surface area contributed by atoms with Crippen molar-refractivity contribution >= 4 is 11.7 Å². The molecule has 1 saturated heterocycles. The van der Waals surface area contributed by atoms with E-state index in [2.05, 4.69) is 51.7 Å². The molecule has 1 aromatic heterocycles. The Bertz CT molecular complexity index is 1010. The predicted octanol–water partition coefficient (Wildman–Crippen LogP) is 4.65. The molecule has 5 nitrogen and oxygen atoms in total. The van der Waals surface area contributed by atoms with E-state index < -0.39 is 0 Å². The van der Waals surface area contributed by atoms with Gasteiger partial charge in [-0.3, -0.25) is 9.69 Å². The summed E-state index contributed by atoms with van der Waals surface area (Å²) in [5.74, 6) is 0.908. The molecule has 0 bridgehead atoms. The number of nitrogens with zero attached hydrogens (tertiary/aromatic N) is 3. The Morgan fingerprint density at radius 3 is 2.31 bits per heavy atom. The van der Waals surface area contributed by atoms with Gasteiger partial charge in [0.25, 0.3) is 0 Å². The van der Waals surface area contributed by atoms with Gasteiger partial charge in [-0.25, -0.2) is 4.68 Å². The number of nitrogens with one attached hydrogen (secondary N) is 1. The summed E-state index contributed by atoms with van der Waals surface area (Å²) in [4.78, 5) is 15.2. The predicted molar refractivity (Wildman–Crippen MR) is 128 cm³/mol. The van der Waals surface area contributed by atoms with Gasteiger partial charge in [0.2, 0.25) is 5.91 Å². The molecule has 3 aromatic rings. The number of carbonyl (C=O) groups is 1. The Hall–Kier alpha value is -2.92. The molecule has 2 aliphatic rings. The maximum Gasteiger partial charge on any atom is 0.225 e. The Morgan fingerprint density at radius 1 is 0.906 bits per heavy atom. The van der Waals surface area contributed by atoms with Gasteiger partial charge in [0, 0.05) is 31.6 Å². The van der Waals surface area contributed by atoms with E-state index in [4.69, 9.17) is 0 Å². The van der Waals surface area contributed by atoms with Crippen LogP contribution >= 0.6 is 0 Å². The number of likely N-dealkylation sites (tertiary alicyclic amines) is 1. The van der Waals surface area contributed by atoms with Gasteiger partial charge in [-0.2, -0.15) is 5.10 Å². The van der Waals surface area contributed by atoms with Crippen LogP contribution in [0.5, 0.6) is 0 Å². The third kappa shape index (κ3) is 4.78. The fraction of sp³-hybridized carbons (Fsp3) is 0.407. The molecule has 5 rings (SSSR count). The maximum atomic E-state index is 12.5. The average Bonchev–Trinajstić information content (AvgIpc) is 3.47. The topological polar surface area (TPSA) is 50.2 Å². The number of aromatic nitrogens is 2. The number of hydrogen-bond acceptors (Lipinski definition) is 3. The second kappa shape index (κ2) is 9.70. The molecule has 2 aromatic carbocycles. The molecule has 2 heterocycles. The van der Waals surface area contributed by atoms with Gasteiger partial charge < -0.3 is 5.32 Å². The van der Waals surface area contributed by atoms with Gasteiger partial charge in [0.1, 0.15) is 5.82 Å². The van der Waals surface area contributed by atoms with E-state index in [1.807, 2.05) is 28.9 Å². The van der Waals surface area contributed by atoms with Crippen molar-refractivity contribution in [3.8, 4) is 0 Å². The molecule has 0 radical (unpaired) electrons. The van der Waals surface area contributed by atoms with Gasteiger partial charge in [-0.15, -0.1) is 0 Å². The summed E-state index contributed by atoms with van der Waals surface area (Å²) in [7, 11) is 0. The molecule has 166 valence electrons. The number of carbonyl (C=O) groups excluding carboxylic acids is 1. The summed E-state index contributed by atoms with van der Waals surface area (Å²) in [6, 6.07) is 22.1. The Labute approximate surface area is 190 Å². The van der Waals surface area contributed by atoms with Gasteiger partial charge >= 0.3 is 0 Å². The minimum atomic E-state index is 0.0730. The van der Waals surface area contributed by atoms with Crippen LogP contribution in [0.3, 0.4) is 0 Å². The fourth-order valence-electron chi connectivity index (χ4n) is 5.30. The van der Waals surface area contributed by atoms with Crippen molar-refractivity contribution < 1.29 is 4.79 Å². The number of rotatable bonds is 7. The van der Waals surface area contributed by atoms with Crippen LogP contribution in [-0.2, 0) is 24.1 Å². The van der Waals surface area contributed by atoms with Crippen molar-refractivity contribution in [1.82, 2.24) is 14.7 Å². The first-order chi connectivity index (χ1) is 15.8. The summed E-state index contributed by atoms with van der Waals surface area (Å²) in [5, 5.41) is 7.66. The van der Waals surface area contributed by atoms with Gasteiger partial charge in [0.15, 0.2) is 0 Å². The quantitative estimate of drug-likeness (QED) is 0.596. The van der Waals surface area contributed by atoms with Crippen molar-refractivity contribution in [2.75, 3.05) is 18.4 Å². The van der Waals surface area contributed by atoms with E-state index >= 15 is 0 Å². The molecule has 1 aliphatic heterocycles. The van der Waals surface area contributed by atoms with Crippen LogP contribution < -0.4 is 5.32 Å². The molecule has 1 N–H and O–H groups in total. The normalized spacial score (nSPS) is 17.4. The van der Waals surface area contributed by atoms with Gasteiger partial charge in [-0.1, -0.05) is 54.6 Å². The third-order valence-electron chi connectivity index (χ3n) is 7.04. The number of benzene rings is 2. The highest BCUT2D eigenvalue weighted by Crippen LogP contribution is 2.31. The lowest BCUT2D eigenvalue weighted by molar-refractivity contribution is -0.116. The standard InChI is InChI=1S/C27H32N4O/c32-27(12-6-9-21-7-2-1-3-8-21)29-26-13-16-28-31(26)24-14-17-30(18-15-24)25-19-22-10-4-5-11-23(22)20-25/h1-5,7-8,10-11,13,16,24-25H,6,9,12,14-15,17-20H2,(H,29,32). The van der Waals surface area contributed by atoms with Crippen molar-refractivity contribution in [3.05, 3.63) is 83.6 Å². The van der Waals surface area contributed by atoms with E-state index in [0.717, 1.165) is 44.6 Å². The van der Waals surface area contributed by atoms with Crippen molar-refractivity contribution in [3.63, 3.8) is 0 Å². The Kier molecular flexibility index (Phi) is 6.35. The second-order valence-corrected chi connectivity index (χ2v) is 9.15. The van der Waals surface area contributed by atoms with E-state index in [1.165, 1.54) is 29.5 Å². The molecule has 0 spiro atoms. The highest BCUT2D eigenvalue weighted by molar-refractivity contribution is 5.89. The lowest BCUT2D eigenvalue weighted by Crippen LogP contribution is -2.42. The number of hydrogen-bond donors (Lipinski definition) is 1. The van der Waals surface area contributed by atoms with Crippen LogP contribution in [0.15, 0.2) is 66.9 Å². The fourth-order valence-corrected chi connectivity index (χ4v) is 5.30. The molecule has 32 heavy (non-hydrogen) atoms. The molecule has 1 amide bonds. The number of amides is 1. The Morgan fingerprint density at radius 2 is 1.59 bits per heavy atom. The first-order valence-electron chi connectivity index (χ1n) is 11.9. The molecule has 1 fully saturated rings. The van der Waals surface area contributed by atoms with Gasteiger partial charge in [-0.05, 0) is 55.2 Å². The summed E-state index contributed by atoms with van der Waals surface area (Å²) < 4.78 is 2.04. The zero-order valence-electron chi connectivity index (χ0n) is 18.6. The lowest BCUT2D eigenvalue weighted by Gasteiger charge is -2.36. The van der Waals surface area contributed by atoms with E-state index in [-0.39, 0.29) is 5.91 Å². The highest BCUT2D eigenvalue weighted by atomic mass is 16.1. The molecule has 5 heteroatoms. The van der Waals surface area contributed by atoms with Crippen molar-refractivity contribution in [1.29, 1.82) is 0 Å². The number of fused-ring (bicyclic) bond motifs is 1. The van der Waals surface area contributed by atoms with Crippen LogP contribution in [0.4, 0.5) is 5.82 Å². The Balaban J connectivity index is 1.11. The lowest BCUT2D eigenvalue weighted by atomic mass is 10.0. The first-order valence-corrected chi connectivity index (χ1v) is 11.9. The smallest absolute Gasteiger partial charge is 0.225 e. The molecule has 0 unspecified atom stereocenters. The maximum absolute atomic E-state index is 12.5. The molecular formula is C27H32N4O. The SMILES string of the molecule is O=C(CCCc1ccccc1)Nc1ccnn1C1CCN(C2Cc3ccccc3C2)CC1. The van der Waals surface area contributed by atoms with E-state index in [1.54, 1.807) is 6.20 Å². The third-order valence-corrected chi connectivity index (χ3v) is 7.04. The number of aryl methyl sites for hydroxylation is 1. The minimum Gasteiger partial charge on any atom is -0.311 e. The minimum absolute atomic E-state index is 0.0730. The van der Waals surface area contributed by atoms with Crippen molar-refractivity contribution in [2.24, 2.45) is 0 Å². The summed E-state index contributed by atoms with van der Waals surface area (Å²) in [6.45, 7) is 2.18. The zero-order chi connectivity index (χ0) is 21.8. The van der Waals surface area contributed by atoms with E-state index in [0.29, 0.717) is 18.5 Å². The first kappa shape index (κ1) is 21.0. The van der Waals surface area contributed by atoms with Gasteiger partial charge in [0.05, 0.1) is 12.2 Å². The zero-order valence-corrected chi connectivity index (χ0v) is 18.6.